The van der Waals surface area contributed by atoms with Crippen LogP contribution in [0.1, 0.15) is 86.0 Å². The molecule has 2 saturated carbocycles. The van der Waals surface area contributed by atoms with E-state index in [1.54, 1.807) is 25.1 Å². The molecule has 0 unspecified atom stereocenters. The lowest BCUT2D eigenvalue weighted by Gasteiger charge is -2.47. The van der Waals surface area contributed by atoms with Gasteiger partial charge >= 0.3 is 6.09 Å². The highest BCUT2D eigenvalue weighted by Crippen LogP contribution is 2.47. The molecule has 17 heteroatoms. The smallest absolute Gasteiger partial charge is 0.408 e. The molecule has 3 fully saturated rings. The highest BCUT2D eigenvalue weighted by Gasteiger charge is 2.63. The number of rotatable bonds is 10. The second-order valence-corrected chi connectivity index (χ2v) is 18.6. The van der Waals surface area contributed by atoms with Gasteiger partial charge in [-0.1, -0.05) is 50.6 Å². The zero-order valence-electron chi connectivity index (χ0n) is 33.2. The predicted molar refractivity (Wildman–Crippen MR) is 206 cm³/mol. The van der Waals surface area contributed by atoms with Gasteiger partial charge < -0.3 is 24.8 Å². The lowest BCUT2D eigenvalue weighted by atomic mass is 9.81. The van der Waals surface area contributed by atoms with Gasteiger partial charge in [0, 0.05) is 30.0 Å². The van der Waals surface area contributed by atoms with Gasteiger partial charge in [0.1, 0.15) is 35.0 Å². The number of methoxy groups -OCH3 is 1. The Balaban J connectivity index is 1.44. The molecule has 4 aliphatic rings. The van der Waals surface area contributed by atoms with E-state index in [2.05, 4.69) is 15.0 Å². The van der Waals surface area contributed by atoms with Crippen molar-refractivity contribution in [3.8, 4) is 11.6 Å². The number of amides is 4. The summed E-state index contributed by atoms with van der Waals surface area (Å²) in [5, 5.41) is 14.0. The summed E-state index contributed by atoms with van der Waals surface area (Å²) in [6, 6.07) is 4.17. The van der Waals surface area contributed by atoms with Gasteiger partial charge in [0.05, 0.1) is 25.1 Å². The summed E-state index contributed by atoms with van der Waals surface area (Å²) < 4.78 is 70.7. The first-order valence-electron chi connectivity index (χ1n) is 19.6. The Kier molecular flexibility index (Phi) is 11.6. The molecule has 2 aromatic rings. The molecule has 2 aliphatic carbocycles. The van der Waals surface area contributed by atoms with Crippen LogP contribution < -0.4 is 19.5 Å². The van der Waals surface area contributed by atoms with Crippen molar-refractivity contribution in [2.24, 2.45) is 17.8 Å². The van der Waals surface area contributed by atoms with Crippen LogP contribution in [0.3, 0.4) is 0 Å². The minimum absolute atomic E-state index is 0.0866. The third kappa shape index (κ3) is 8.26. The Morgan fingerprint density at radius 3 is 2.42 bits per heavy atom. The third-order valence-corrected chi connectivity index (χ3v) is 14.1. The predicted octanol–water partition coefficient (Wildman–Crippen LogP) is 5.26. The molecule has 14 nitrogen and oxygen atoms in total. The van der Waals surface area contributed by atoms with Gasteiger partial charge in [-0.2, -0.15) is 0 Å². The van der Waals surface area contributed by atoms with E-state index >= 15 is 13.6 Å². The SMILES string of the molecule is CC[C@@H]1C[C@H](C)CCC=C[C@@H]2C[C@@]2(C(=O)NS(=O)(=O)C2CC2)NC(=O)[C@@H]2C[C@@H](Oc3ncc(OC)c4ccccc34)CN2C(=O)[C@H]1N(C(=O)O)C(C)(C)C(C)(F)F. The van der Waals surface area contributed by atoms with Crippen molar-refractivity contribution in [2.45, 2.75) is 126 Å². The molecule has 4 amide bonds. The lowest BCUT2D eigenvalue weighted by molar-refractivity contribution is -0.157. The minimum Gasteiger partial charge on any atom is -0.494 e. The van der Waals surface area contributed by atoms with Gasteiger partial charge in [0.2, 0.25) is 27.7 Å². The quantitative estimate of drug-likeness (QED) is 0.268. The Morgan fingerprint density at radius 2 is 1.81 bits per heavy atom. The monoisotopic (exact) mass is 817 g/mol. The molecule has 1 saturated heterocycles. The first kappa shape index (κ1) is 42.1. The van der Waals surface area contributed by atoms with Crippen molar-refractivity contribution in [2.75, 3.05) is 13.7 Å². The molecule has 0 radical (unpaired) electrons. The third-order valence-electron chi connectivity index (χ3n) is 12.3. The second kappa shape index (κ2) is 15.7. The molecule has 0 spiro atoms. The van der Waals surface area contributed by atoms with Gasteiger partial charge in [0.25, 0.3) is 11.8 Å². The number of nitrogens with zero attached hydrogens (tertiary/aromatic N) is 3. The second-order valence-electron chi connectivity index (χ2n) is 16.7. The molecule has 1 aromatic carbocycles. The molecule has 7 atom stereocenters. The zero-order valence-corrected chi connectivity index (χ0v) is 34.0. The molecule has 6 rings (SSSR count). The Morgan fingerprint density at radius 1 is 1.12 bits per heavy atom. The maximum atomic E-state index is 15.4. The van der Waals surface area contributed by atoms with Crippen molar-refractivity contribution in [3.63, 3.8) is 0 Å². The van der Waals surface area contributed by atoms with E-state index in [0.717, 1.165) is 13.8 Å². The van der Waals surface area contributed by atoms with Crippen molar-refractivity contribution in [3.05, 3.63) is 42.6 Å². The number of ether oxygens (including phenoxy) is 2. The maximum Gasteiger partial charge on any atom is 0.408 e. The van der Waals surface area contributed by atoms with Crippen LogP contribution in [0.5, 0.6) is 11.6 Å². The maximum absolute atomic E-state index is 15.4. The number of aromatic nitrogens is 1. The molecular weight excluding hydrogens is 765 g/mol. The van der Waals surface area contributed by atoms with E-state index in [1.807, 2.05) is 25.1 Å². The molecular formula is C40H53F2N5O9S. The number of carbonyl (C=O) groups excluding carboxylic acids is 3. The standard InChI is InChI=1S/C40H53F2N5O9S/c1-7-24-18-23(2)12-8-9-13-25-20-40(25,36(50)45-57(53,54)27-16-17-27)44-33(48)30-19-26(56-34-29-15-11-10-14-28(29)31(55-6)21-43-34)22-46(30)35(49)32(24)47(37(51)52)38(3,4)39(5,41)42/h9-11,13-15,21,23-27,30,32H,7-8,12,16-20,22H2,1-6H3,(H,44,48)(H,45,50)(H,51,52)/t23-,24-,25-,26-,30+,32+,40-/m1/s1. The van der Waals surface area contributed by atoms with Gasteiger partial charge in [0.15, 0.2) is 0 Å². The molecule has 3 N–H and O–H groups in total. The van der Waals surface area contributed by atoms with Crippen molar-refractivity contribution in [1.29, 1.82) is 0 Å². The molecule has 57 heavy (non-hydrogen) atoms. The molecule has 0 bridgehead atoms. The Labute approximate surface area is 331 Å². The van der Waals surface area contributed by atoms with Crippen LogP contribution in [-0.2, 0) is 24.4 Å². The van der Waals surface area contributed by atoms with E-state index in [0.29, 0.717) is 60.4 Å². The van der Waals surface area contributed by atoms with Crippen LogP contribution in [-0.4, -0.2) is 106 Å². The van der Waals surface area contributed by atoms with E-state index < -0.39 is 86.1 Å². The fourth-order valence-electron chi connectivity index (χ4n) is 8.30. The number of hydrogen-bond acceptors (Lipinski definition) is 9. The molecule has 2 aliphatic heterocycles. The number of benzene rings is 1. The summed E-state index contributed by atoms with van der Waals surface area (Å²) in [6.45, 7) is 6.23. The van der Waals surface area contributed by atoms with Crippen LogP contribution in [0, 0.1) is 17.8 Å². The van der Waals surface area contributed by atoms with Crippen LogP contribution in [0.4, 0.5) is 13.6 Å². The number of carboxylic acid groups (broad SMARTS) is 1. The topological polar surface area (TPSA) is 185 Å². The van der Waals surface area contributed by atoms with Crippen LogP contribution in [0.15, 0.2) is 42.6 Å². The van der Waals surface area contributed by atoms with E-state index in [1.165, 1.54) is 18.2 Å². The number of hydrogen-bond donors (Lipinski definition) is 3. The number of allylic oxidation sites excluding steroid dienone is 1. The van der Waals surface area contributed by atoms with Gasteiger partial charge in [-0.25, -0.2) is 27.0 Å². The first-order chi connectivity index (χ1) is 26.8. The normalized spacial score (nSPS) is 28.7. The summed E-state index contributed by atoms with van der Waals surface area (Å²) >= 11 is 0. The largest absolute Gasteiger partial charge is 0.494 e. The number of sulfonamides is 1. The zero-order chi connectivity index (χ0) is 41.7. The fraction of sp³-hybridized carbons (Fsp3) is 0.625. The number of fused-ring (bicyclic) bond motifs is 3. The van der Waals surface area contributed by atoms with Gasteiger partial charge in [-0.05, 0) is 70.3 Å². The Bertz CT molecular complexity index is 2040. The number of halogens is 2. The summed E-state index contributed by atoms with van der Waals surface area (Å²) in [6.07, 6.45) is 5.00. The van der Waals surface area contributed by atoms with E-state index in [9.17, 15) is 27.9 Å². The summed E-state index contributed by atoms with van der Waals surface area (Å²) in [5.41, 5.74) is -4.01. The average Bonchev–Trinajstić information content (AvgIpc) is 4.07. The van der Waals surface area contributed by atoms with Gasteiger partial charge in [-0.3, -0.25) is 24.0 Å². The summed E-state index contributed by atoms with van der Waals surface area (Å²) in [5.74, 6) is -6.83. The minimum atomic E-state index is -3.99. The van der Waals surface area contributed by atoms with Crippen LogP contribution in [0.25, 0.3) is 10.8 Å². The highest BCUT2D eigenvalue weighted by atomic mass is 32.2. The van der Waals surface area contributed by atoms with Gasteiger partial charge in [-0.15, -0.1) is 0 Å². The first-order valence-corrected chi connectivity index (χ1v) is 21.1. The van der Waals surface area contributed by atoms with Crippen molar-refractivity contribution >= 4 is 44.6 Å². The number of nitrogens with one attached hydrogen (secondary N) is 2. The summed E-state index contributed by atoms with van der Waals surface area (Å²) in [7, 11) is -2.49. The van der Waals surface area contributed by atoms with Crippen molar-refractivity contribution in [1.82, 2.24) is 24.8 Å². The van der Waals surface area contributed by atoms with E-state index in [-0.39, 0.29) is 37.6 Å². The van der Waals surface area contributed by atoms with Crippen LogP contribution in [0.2, 0.25) is 0 Å². The fourth-order valence-corrected chi connectivity index (χ4v) is 9.67. The average molecular weight is 818 g/mol. The molecule has 312 valence electrons. The summed E-state index contributed by atoms with van der Waals surface area (Å²) in [4.78, 5) is 63.0. The van der Waals surface area contributed by atoms with E-state index in [4.69, 9.17) is 9.47 Å². The Hall–Kier alpha value is -4.54. The highest BCUT2D eigenvalue weighted by molar-refractivity contribution is 7.91. The number of alkyl halides is 2. The van der Waals surface area contributed by atoms with Crippen LogP contribution >= 0.6 is 0 Å². The number of pyridine rings is 1. The molecule has 3 heterocycles. The van der Waals surface area contributed by atoms with Crippen molar-refractivity contribution < 1.29 is 51.0 Å². The lowest BCUT2D eigenvalue weighted by Crippen LogP contribution is -2.67. The number of carbonyl (C=O) groups is 4. The molecule has 1 aromatic heterocycles.